The number of nitrogens with zero attached hydrogens (tertiary/aromatic N) is 3. The van der Waals surface area contributed by atoms with Crippen LogP contribution in [0.2, 0.25) is 0 Å². The van der Waals surface area contributed by atoms with Crippen LogP contribution in [0.1, 0.15) is 139 Å². The predicted octanol–water partition coefficient (Wildman–Crippen LogP) is 20.3. The molecular weight excluding hydrogens is 1130 g/mol. The molecule has 8 aromatic carbocycles. The van der Waals surface area contributed by atoms with Crippen molar-refractivity contribution in [3.8, 4) is 89.7 Å². The molecule has 398 valence electrons. The molecule has 0 fully saturated rings. The topological polar surface area (TPSA) is 50.9 Å². The van der Waals surface area contributed by atoms with Gasteiger partial charge in [0.25, 0.3) is 0 Å². The molecule has 10 aromatic rings. The van der Waals surface area contributed by atoms with Gasteiger partial charge >= 0.3 is 0 Å². The van der Waals surface area contributed by atoms with Gasteiger partial charge in [-0.1, -0.05) is 219 Å². The van der Waals surface area contributed by atoms with Crippen LogP contribution >= 0.6 is 0 Å². The normalized spacial score (nSPS) is 12.6. The van der Waals surface area contributed by atoms with Gasteiger partial charge in [-0.15, -0.1) is 23.8 Å². The molecule has 0 aliphatic rings. The standard InChI is InChI=1S/C73H74N3O.Pt/c1-12-72(10,13-2)63-29-23-30-64(73(11,14-3)15-4)68(63)55-36-37-66(49(9)40-55)76-67-31-22-28-60(69(67)75-71(76)62-45-56(47(5)6)44-61(48(7)8)70(62)77)58-41-57(51-26-20-17-21-27-51)42-59(43-58)65-46-54(38-39-74-65)53-34-32-52(33-35-53)50-24-18-16-19-25-50;/h16-42,44-48,77H,12-15H2,1-11H3;/q-1;/i9D3;. The molecule has 2 aromatic heterocycles. The van der Waals surface area contributed by atoms with E-state index in [1.165, 1.54) is 16.7 Å². The van der Waals surface area contributed by atoms with Gasteiger partial charge < -0.3 is 5.11 Å². The summed E-state index contributed by atoms with van der Waals surface area (Å²) >= 11 is 0. The van der Waals surface area contributed by atoms with Crippen LogP contribution in [0.25, 0.3) is 95.0 Å². The van der Waals surface area contributed by atoms with Crippen LogP contribution in [-0.2, 0) is 31.9 Å². The average Bonchev–Trinajstić information content (AvgIpc) is 4.16. The van der Waals surface area contributed by atoms with Crippen LogP contribution in [0.5, 0.6) is 5.75 Å². The largest absolute Gasteiger partial charge is 0.507 e. The number of hydrogen-bond donors (Lipinski definition) is 1. The Balaban J connectivity index is 0.00000792. The molecule has 0 aliphatic carbocycles. The number of pyridine rings is 1. The molecule has 0 atom stereocenters. The first-order valence-electron chi connectivity index (χ1n) is 29.3. The van der Waals surface area contributed by atoms with E-state index in [1.54, 1.807) is 0 Å². The minimum atomic E-state index is -2.55. The Morgan fingerprint density at radius 1 is 0.551 bits per heavy atom. The first-order chi connectivity index (χ1) is 38.4. The molecule has 0 bridgehead atoms. The zero-order valence-corrected chi connectivity index (χ0v) is 49.2. The molecule has 78 heavy (non-hydrogen) atoms. The van der Waals surface area contributed by atoms with Crippen molar-refractivity contribution in [3.63, 3.8) is 0 Å². The van der Waals surface area contributed by atoms with Gasteiger partial charge in [0.1, 0.15) is 11.6 Å². The van der Waals surface area contributed by atoms with Crippen LogP contribution in [0.15, 0.2) is 182 Å². The third-order valence-corrected chi connectivity index (χ3v) is 17.0. The molecule has 10 rings (SSSR count). The Labute approximate surface area is 483 Å². The van der Waals surface area contributed by atoms with E-state index in [0.717, 1.165) is 98.1 Å². The van der Waals surface area contributed by atoms with E-state index in [4.69, 9.17) is 9.97 Å². The number of phenols is 1. The smallest absolute Gasteiger partial charge is 0.148 e. The van der Waals surface area contributed by atoms with Crippen molar-refractivity contribution in [3.05, 3.63) is 216 Å². The number of rotatable bonds is 16. The third-order valence-electron chi connectivity index (χ3n) is 17.0. The van der Waals surface area contributed by atoms with Gasteiger partial charge in [-0.3, -0.25) is 9.55 Å². The number of benzene rings is 8. The molecule has 0 spiro atoms. The van der Waals surface area contributed by atoms with Crippen LogP contribution in [0.3, 0.4) is 0 Å². The summed E-state index contributed by atoms with van der Waals surface area (Å²) in [6.45, 7) is 19.6. The van der Waals surface area contributed by atoms with E-state index in [1.807, 2.05) is 71.4 Å². The van der Waals surface area contributed by atoms with Crippen LogP contribution < -0.4 is 0 Å². The van der Waals surface area contributed by atoms with Crippen LogP contribution in [0, 0.1) is 12.9 Å². The Bertz CT molecular complexity index is 3820. The monoisotopic (exact) mass is 1210 g/mol. The van der Waals surface area contributed by atoms with E-state index in [2.05, 4.69) is 191 Å². The number of fused-ring (bicyclic) bond motifs is 1. The number of aromatic nitrogens is 3. The van der Waals surface area contributed by atoms with Gasteiger partial charge in [-0.2, -0.15) is 0 Å². The van der Waals surface area contributed by atoms with Crippen LogP contribution in [0.4, 0.5) is 0 Å². The average molecular weight is 1210 g/mol. The summed E-state index contributed by atoms with van der Waals surface area (Å²) in [5, 5.41) is 12.5. The quantitative estimate of drug-likeness (QED) is 0.0981. The van der Waals surface area contributed by atoms with Gasteiger partial charge in [0.05, 0.1) is 22.3 Å². The van der Waals surface area contributed by atoms with Gasteiger partial charge in [0.2, 0.25) is 0 Å². The molecule has 0 saturated carbocycles. The fourth-order valence-corrected chi connectivity index (χ4v) is 11.3. The van der Waals surface area contributed by atoms with Crippen molar-refractivity contribution in [2.45, 2.75) is 124 Å². The van der Waals surface area contributed by atoms with E-state index < -0.39 is 6.85 Å². The fraction of sp³-hybridized carbons (Fsp3) is 0.260. The maximum absolute atomic E-state index is 12.5. The maximum atomic E-state index is 12.5. The van der Waals surface area contributed by atoms with Crippen molar-refractivity contribution in [1.82, 2.24) is 14.5 Å². The Kier molecular flexibility index (Phi) is 15.3. The molecule has 0 amide bonds. The zero-order valence-electron chi connectivity index (χ0n) is 49.9. The van der Waals surface area contributed by atoms with Gasteiger partial charge in [-0.25, -0.2) is 4.98 Å². The molecular formula is C73H74N3OPt-. The first kappa shape index (κ1) is 51.6. The maximum Gasteiger partial charge on any atom is 0.148 e. The molecule has 4 nitrogen and oxygen atoms in total. The minimum absolute atomic E-state index is 0. The molecule has 0 radical (unpaired) electrons. The Morgan fingerprint density at radius 3 is 1.71 bits per heavy atom. The molecule has 0 aliphatic heterocycles. The van der Waals surface area contributed by atoms with Crippen molar-refractivity contribution >= 4 is 11.0 Å². The van der Waals surface area contributed by atoms with Gasteiger partial charge in [0.15, 0.2) is 0 Å². The zero-order chi connectivity index (χ0) is 56.7. The molecule has 1 N–H and O–H groups in total. The number of hydrogen-bond acceptors (Lipinski definition) is 3. The number of para-hydroxylation sites is 1. The minimum Gasteiger partial charge on any atom is -0.507 e. The summed E-state index contributed by atoms with van der Waals surface area (Å²) in [5.41, 5.74) is 18.3. The molecule has 2 heterocycles. The SMILES string of the molecule is [2H]C([2H])([2H])c1cc(-c2c(C(C)(CC)CC)cccc2C(C)(CC)CC)ccc1-n1c(-c2cc(C(C)C)cc(C(C)C)c2O)nc2c(-c3[c-]c(-c4cc(-c5ccc(-c6ccccc6)cc5)ccn4)cc(-c4ccccc4)c3)cccc21.[Pt]. The second-order valence-electron chi connectivity index (χ2n) is 22.2. The third kappa shape index (κ3) is 10.5. The van der Waals surface area contributed by atoms with Gasteiger partial charge in [-0.05, 0) is 152 Å². The number of phenolic OH excluding ortho intramolecular Hbond substituents is 1. The molecule has 5 heteroatoms. The second-order valence-corrected chi connectivity index (χ2v) is 22.2. The van der Waals surface area contributed by atoms with Gasteiger partial charge in [0, 0.05) is 37.1 Å². The summed E-state index contributed by atoms with van der Waals surface area (Å²) in [4.78, 5) is 10.6. The predicted molar refractivity (Wildman–Crippen MR) is 326 cm³/mol. The summed E-state index contributed by atoms with van der Waals surface area (Å²) < 4.78 is 30.2. The molecule has 0 unspecified atom stereocenters. The van der Waals surface area contributed by atoms with Crippen molar-refractivity contribution in [2.24, 2.45) is 0 Å². The summed E-state index contributed by atoms with van der Waals surface area (Å²) in [7, 11) is 0. The van der Waals surface area contributed by atoms with Crippen molar-refractivity contribution in [2.75, 3.05) is 0 Å². The van der Waals surface area contributed by atoms with E-state index >= 15 is 0 Å². The van der Waals surface area contributed by atoms with Crippen molar-refractivity contribution < 1.29 is 30.3 Å². The summed E-state index contributed by atoms with van der Waals surface area (Å²) in [6.07, 6.45) is 5.60. The fourth-order valence-electron chi connectivity index (χ4n) is 11.3. The molecule has 0 saturated heterocycles. The summed E-state index contributed by atoms with van der Waals surface area (Å²) in [5.74, 6) is 0.714. The Hall–Kier alpha value is -7.13. The van der Waals surface area contributed by atoms with E-state index in [0.29, 0.717) is 28.1 Å². The van der Waals surface area contributed by atoms with Crippen LogP contribution in [-0.4, -0.2) is 19.6 Å². The second kappa shape index (κ2) is 23.1. The van der Waals surface area contributed by atoms with E-state index in [-0.39, 0.29) is 55.0 Å². The number of aryl methyl sites for hydroxylation is 1. The number of aromatic hydroxyl groups is 1. The van der Waals surface area contributed by atoms with E-state index in [9.17, 15) is 9.22 Å². The Morgan fingerprint density at radius 2 is 1.12 bits per heavy atom. The van der Waals surface area contributed by atoms with Crippen molar-refractivity contribution in [1.29, 1.82) is 0 Å². The first-order valence-corrected chi connectivity index (χ1v) is 27.8. The summed E-state index contributed by atoms with van der Waals surface area (Å²) in [6, 6.07) is 64.7. The number of imidazole rings is 1.